The first-order valence-electron chi connectivity index (χ1n) is 7.57. The summed E-state index contributed by atoms with van der Waals surface area (Å²) in [7, 11) is 1.76. The fraction of sp³-hybridized carbons (Fsp3) is 0.250. The molecule has 0 spiro atoms. The predicted molar refractivity (Wildman–Crippen MR) is 92.4 cm³/mol. The van der Waals surface area contributed by atoms with E-state index in [2.05, 4.69) is 20.6 Å². The second-order valence-corrected chi connectivity index (χ2v) is 6.66. The van der Waals surface area contributed by atoms with Crippen LogP contribution in [0.2, 0.25) is 0 Å². The Morgan fingerprint density at radius 1 is 1.42 bits per heavy atom. The topological polar surface area (TPSA) is 86.7 Å². The van der Waals surface area contributed by atoms with E-state index in [9.17, 15) is 9.59 Å². The number of amides is 2. The molecule has 1 unspecified atom stereocenters. The molecule has 0 bridgehead atoms. The van der Waals surface area contributed by atoms with Gasteiger partial charge in [-0.3, -0.25) is 14.9 Å². The van der Waals surface area contributed by atoms with Crippen LogP contribution < -0.4 is 10.6 Å². The second kappa shape index (κ2) is 5.72. The number of fused-ring (bicyclic) bond motifs is 1. The third-order valence-corrected chi connectivity index (χ3v) is 4.89. The highest BCUT2D eigenvalue weighted by atomic mass is 32.1. The molecule has 1 fully saturated rings. The third-order valence-electron chi connectivity index (χ3n) is 4.09. The minimum Gasteiger partial charge on any atom is -0.344 e. The minimum absolute atomic E-state index is 0.0139. The van der Waals surface area contributed by atoms with Crippen LogP contribution in [0.4, 0.5) is 0 Å². The van der Waals surface area contributed by atoms with Crippen LogP contribution in [0, 0.1) is 0 Å². The number of hydrogen-bond donors (Lipinski definition) is 2. The molecule has 1 aromatic carbocycles. The van der Waals surface area contributed by atoms with Gasteiger partial charge in [0.15, 0.2) is 0 Å². The normalized spacial score (nSPS) is 22.4. The summed E-state index contributed by atoms with van der Waals surface area (Å²) < 4.78 is 1.06. The molecule has 0 radical (unpaired) electrons. The van der Waals surface area contributed by atoms with Crippen molar-refractivity contribution in [1.82, 2.24) is 20.5 Å². The Bertz CT molecular complexity index is 901. The fourth-order valence-corrected chi connectivity index (χ4v) is 3.50. The first kappa shape index (κ1) is 14.8. The second-order valence-electron chi connectivity index (χ2n) is 5.77. The Balaban J connectivity index is 1.55. The van der Waals surface area contributed by atoms with Crippen molar-refractivity contribution in [3.05, 3.63) is 35.0 Å². The first-order chi connectivity index (χ1) is 11.6. The van der Waals surface area contributed by atoms with Crippen LogP contribution in [0.25, 0.3) is 16.3 Å². The number of aromatic nitrogens is 1. The third kappa shape index (κ3) is 2.65. The summed E-state index contributed by atoms with van der Waals surface area (Å²) in [5.41, 5.74) is 3.94. The maximum atomic E-state index is 12.1. The van der Waals surface area contributed by atoms with E-state index < -0.39 is 0 Å². The van der Waals surface area contributed by atoms with Gasteiger partial charge in [0, 0.05) is 13.6 Å². The van der Waals surface area contributed by atoms with Crippen LogP contribution in [0.15, 0.2) is 34.4 Å². The summed E-state index contributed by atoms with van der Waals surface area (Å²) in [6.45, 7) is 0.704. The highest BCUT2D eigenvalue weighted by molar-refractivity contribution is 7.16. The maximum Gasteiger partial charge on any atom is 0.276 e. The lowest BCUT2D eigenvalue weighted by molar-refractivity contribution is -0.128. The lowest BCUT2D eigenvalue weighted by Crippen LogP contribution is -2.45. The van der Waals surface area contributed by atoms with Gasteiger partial charge in [-0.05, 0) is 30.2 Å². The summed E-state index contributed by atoms with van der Waals surface area (Å²) >= 11 is 1.55. The van der Waals surface area contributed by atoms with E-state index in [-0.39, 0.29) is 17.9 Å². The van der Waals surface area contributed by atoms with E-state index in [1.54, 1.807) is 34.9 Å². The molecule has 8 heteroatoms. The van der Waals surface area contributed by atoms with E-state index in [1.807, 2.05) is 18.2 Å². The van der Waals surface area contributed by atoms with Crippen LogP contribution >= 0.6 is 11.3 Å². The highest BCUT2D eigenvalue weighted by Crippen LogP contribution is 2.21. The summed E-state index contributed by atoms with van der Waals surface area (Å²) in [5.74, 6) is 0.0690. The average molecular weight is 341 g/mol. The Morgan fingerprint density at radius 2 is 2.29 bits per heavy atom. The molecule has 4 rings (SSSR count). The van der Waals surface area contributed by atoms with Crippen molar-refractivity contribution < 1.29 is 9.59 Å². The predicted octanol–water partition coefficient (Wildman–Crippen LogP) is 0.943. The minimum atomic E-state index is -0.332. The van der Waals surface area contributed by atoms with Gasteiger partial charge < -0.3 is 10.2 Å². The van der Waals surface area contributed by atoms with Gasteiger partial charge in [-0.25, -0.2) is 9.98 Å². The van der Waals surface area contributed by atoms with Gasteiger partial charge in [-0.1, -0.05) is 6.07 Å². The molecule has 7 nitrogen and oxygen atoms in total. The fourth-order valence-electron chi connectivity index (χ4n) is 2.78. The van der Waals surface area contributed by atoms with Gasteiger partial charge in [0.1, 0.15) is 11.7 Å². The summed E-state index contributed by atoms with van der Waals surface area (Å²) in [6.07, 6.45) is 2.43. The quantitative estimate of drug-likeness (QED) is 0.796. The van der Waals surface area contributed by atoms with Crippen LogP contribution in [0.1, 0.15) is 12.0 Å². The van der Waals surface area contributed by atoms with Crippen molar-refractivity contribution in [3.63, 3.8) is 0 Å². The number of benzene rings is 1. The number of thiazole rings is 1. The lowest BCUT2D eigenvalue weighted by Gasteiger charge is -2.12. The molecule has 3 heterocycles. The van der Waals surface area contributed by atoms with E-state index >= 15 is 0 Å². The Labute approximate surface area is 142 Å². The number of carbonyl (C=O) groups excluding carboxylic acids is 2. The Hall–Kier alpha value is -2.74. The zero-order chi connectivity index (χ0) is 16.7. The number of likely N-dealkylation sites (N-methyl/N-ethyl adjacent to an activating group) is 1. The molecular weight excluding hydrogens is 326 g/mol. The smallest absolute Gasteiger partial charge is 0.276 e. The van der Waals surface area contributed by atoms with Crippen LogP contribution in [0.3, 0.4) is 0 Å². The molecule has 0 saturated carbocycles. The number of nitrogens with zero attached hydrogens (tertiary/aromatic N) is 3. The van der Waals surface area contributed by atoms with Crippen LogP contribution in [0.5, 0.6) is 0 Å². The molecule has 0 aliphatic carbocycles. The van der Waals surface area contributed by atoms with Crippen molar-refractivity contribution >= 4 is 45.4 Å². The zero-order valence-corrected chi connectivity index (χ0v) is 13.8. The summed E-state index contributed by atoms with van der Waals surface area (Å²) in [4.78, 5) is 34.2. The van der Waals surface area contributed by atoms with Gasteiger partial charge in [0.2, 0.25) is 11.9 Å². The standard InChI is InChI=1S/C16H15N5O2S/c1-21-5-4-11(15(21)23)18-16-19-12(14(22)20-16)6-9-2-3-10-13(7-9)24-8-17-10/h2-3,6-8,11H,4-5H2,1H3,(H2,18,19,20,22)/b12-6-. The van der Waals surface area contributed by atoms with E-state index in [0.29, 0.717) is 24.6 Å². The van der Waals surface area contributed by atoms with E-state index in [0.717, 1.165) is 15.8 Å². The number of guanidine groups is 1. The number of hydrogen-bond acceptors (Lipinski definition) is 6. The molecule has 1 saturated heterocycles. The molecule has 122 valence electrons. The maximum absolute atomic E-state index is 12.1. The molecule has 2 aliphatic rings. The monoisotopic (exact) mass is 341 g/mol. The van der Waals surface area contributed by atoms with Crippen molar-refractivity contribution in [2.45, 2.75) is 12.5 Å². The Morgan fingerprint density at radius 3 is 3.08 bits per heavy atom. The number of aliphatic imine (C=N–C) groups is 1. The van der Waals surface area contributed by atoms with Gasteiger partial charge >= 0.3 is 0 Å². The summed E-state index contributed by atoms with van der Waals surface area (Å²) in [5, 5.41) is 5.68. The van der Waals surface area contributed by atoms with Gasteiger partial charge in [0.05, 0.1) is 15.7 Å². The SMILES string of the molecule is CN1CCC(NC2=N/C(=C\c3ccc4ncsc4c3)C(=O)N2)C1=O. The number of carbonyl (C=O) groups is 2. The molecule has 2 aliphatic heterocycles. The van der Waals surface area contributed by atoms with Crippen LogP contribution in [-0.2, 0) is 9.59 Å². The average Bonchev–Trinajstić information content (AvgIpc) is 3.24. The first-order valence-corrected chi connectivity index (χ1v) is 8.44. The number of rotatable bonds is 2. The van der Waals surface area contributed by atoms with Crippen molar-refractivity contribution in [2.75, 3.05) is 13.6 Å². The molecule has 1 atom stereocenters. The molecule has 1 aromatic heterocycles. The van der Waals surface area contributed by atoms with Crippen LogP contribution in [-0.4, -0.2) is 47.3 Å². The Kier molecular flexibility index (Phi) is 3.53. The number of nitrogens with one attached hydrogen (secondary N) is 2. The molecule has 2 N–H and O–H groups in total. The molecule has 24 heavy (non-hydrogen) atoms. The molecule has 2 amide bonds. The summed E-state index contributed by atoms with van der Waals surface area (Å²) in [6, 6.07) is 5.46. The lowest BCUT2D eigenvalue weighted by atomic mass is 10.2. The van der Waals surface area contributed by atoms with Gasteiger partial charge in [-0.2, -0.15) is 0 Å². The van der Waals surface area contributed by atoms with Gasteiger partial charge in [-0.15, -0.1) is 11.3 Å². The molecule has 2 aromatic rings. The van der Waals surface area contributed by atoms with Gasteiger partial charge in [0.25, 0.3) is 5.91 Å². The zero-order valence-electron chi connectivity index (χ0n) is 12.9. The van der Waals surface area contributed by atoms with E-state index in [4.69, 9.17) is 0 Å². The van der Waals surface area contributed by atoms with Crippen molar-refractivity contribution in [3.8, 4) is 0 Å². The van der Waals surface area contributed by atoms with Crippen molar-refractivity contribution in [1.29, 1.82) is 0 Å². The largest absolute Gasteiger partial charge is 0.344 e. The molecular formula is C16H15N5O2S. The number of likely N-dealkylation sites (tertiary alicyclic amines) is 1. The van der Waals surface area contributed by atoms with E-state index in [1.165, 1.54) is 0 Å². The highest BCUT2D eigenvalue weighted by Gasteiger charge is 2.31. The van der Waals surface area contributed by atoms with Crippen molar-refractivity contribution in [2.24, 2.45) is 4.99 Å².